The highest BCUT2D eigenvalue weighted by Crippen LogP contribution is 2.29. The van der Waals surface area contributed by atoms with Gasteiger partial charge in [0.2, 0.25) is 0 Å². The molecule has 0 aliphatic rings. The first-order valence-corrected chi connectivity index (χ1v) is 6.80. The quantitative estimate of drug-likeness (QED) is 0.602. The fourth-order valence-corrected chi connectivity index (χ4v) is 2.67. The summed E-state index contributed by atoms with van der Waals surface area (Å²) in [5.74, 6) is 0. The Kier molecular flexibility index (Phi) is 2.44. The average molecular weight is 274 g/mol. The largest absolute Gasteiger partial charge is 0.346 e. The van der Waals surface area contributed by atoms with Crippen molar-refractivity contribution < 1.29 is 0 Å². The minimum absolute atomic E-state index is 0.904. The predicted molar refractivity (Wildman–Crippen MR) is 85.0 cm³/mol. The second-order valence-electron chi connectivity index (χ2n) is 5.19. The molecule has 0 spiro atoms. The minimum atomic E-state index is 0.904. The standard InChI is InChI=1S/C17H14N4/c1-11(2)14-10-20-21-7-5-12(8-16(14)21)15-9-19-17-13(15)4-3-6-18-17/h3-10H,1H2,2H3,(H,18,19). The summed E-state index contributed by atoms with van der Waals surface area (Å²) in [5, 5.41) is 5.48. The van der Waals surface area contributed by atoms with Crippen LogP contribution in [0.5, 0.6) is 0 Å². The molecule has 0 aliphatic heterocycles. The van der Waals surface area contributed by atoms with E-state index in [0.717, 1.165) is 38.8 Å². The molecule has 4 nitrogen and oxygen atoms in total. The molecule has 0 unspecified atom stereocenters. The average Bonchev–Trinajstić information content (AvgIpc) is 3.10. The van der Waals surface area contributed by atoms with Crippen molar-refractivity contribution in [2.75, 3.05) is 0 Å². The number of H-pyrrole nitrogens is 1. The number of hydrogen-bond acceptors (Lipinski definition) is 2. The van der Waals surface area contributed by atoms with Crippen LogP contribution in [0.1, 0.15) is 12.5 Å². The molecule has 4 heterocycles. The normalized spacial score (nSPS) is 11.3. The predicted octanol–water partition coefficient (Wildman–Crippen LogP) is 3.91. The Balaban J connectivity index is 1.98. The maximum atomic E-state index is 4.36. The Bertz CT molecular complexity index is 975. The van der Waals surface area contributed by atoms with Gasteiger partial charge in [-0.25, -0.2) is 9.50 Å². The van der Waals surface area contributed by atoms with E-state index < -0.39 is 0 Å². The maximum absolute atomic E-state index is 4.36. The molecular weight excluding hydrogens is 260 g/mol. The van der Waals surface area contributed by atoms with Gasteiger partial charge in [0, 0.05) is 35.1 Å². The zero-order chi connectivity index (χ0) is 14.4. The molecule has 4 aromatic rings. The molecule has 102 valence electrons. The molecule has 21 heavy (non-hydrogen) atoms. The number of nitrogens with one attached hydrogen (secondary N) is 1. The van der Waals surface area contributed by atoms with E-state index in [0.29, 0.717) is 0 Å². The monoisotopic (exact) mass is 274 g/mol. The van der Waals surface area contributed by atoms with Gasteiger partial charge in [-0.1, -0.05) is 6.58 Å². The number of rotatable bonds is 2. The van der Waals surface area contributed by atoms with Crippen molar-refractivity contribution in [2.45, 2.75) is 6.92 Å². The minimum Gasteiger partial charge on any atom is -0.346 e. The molecule has 0 saturated carbocycles. The van der Waals surface area contributed by atoms with Crippen LogP contribution in [-0.2, 0) is 0 Å². The third-order valence-corrected chi connectivity index (χ3v) is 3.74. The van der Waals surface area contributed by atoms with Gasteiger partial charge in [-0.05, 0) is 42.3 Å². The second-order valence-corrected chi connectivity index (χ2v) is 5.19. The summed E-state index contributed by atoms with van der Waals surface area (Å²) in [7, 11) is 0. The van der Waals surface area contributed by atoms with Gasteiger partial charge in [0.25, 0.3) is 0 Å². The van der Waals surface area contributed by atoms with Gasteiger partial charge in [0.1, 0.15) is 5.65 Å². The van der Waals surface area contributed by atoms with E-state index in [9.17, 15) is 0 Å². The summed E-state index contributed by atoms with van der Waals surface area (Å²) in [6, 6.07) is 8.25. The number of nitrogens with zero attached hydrogens (tertiary/aromatic N) is 3. The molecule has 4 rings (SSSR count). The van der Waals surface area contributed by atoms with Crippen LogP contribution in [0.15, 0.2) is 55.6 Å². The van der Waals surface area contributed by atoms with Crippen molar-refractivity contribution in [1.82, 2.24) is 19.6 Å². The lowest BCUT2D eigenvalue weighted by Gasteiger charge is -2.03. The van der Waals surface area contributed by atoms with Crippen LogP contribution < -0.4 is 0 Å². The molecule has 0 atom stereocenters. The van der Waals surface area contributed by atoms with Gasteiger partial charge in [-0.3, -0.25) is 0 Å². The molecule has 0 saturated heterocycles. The van der Waals surface area contributed by atoms with Gasteiger partial charge >= 0.3 is 0 Å². The molecule has 4 heteroatoms. The zero-order valence-corrected chi connectivity index (χ0v) is 11.7. The summed E-state index contributed by atoms with van der Waals surface area (Å²) in [6.07, 6.45) is 7.63. The van der Waals surface area contributed by atoms with Crippen molar-refractivity contribution >= 4 is 22.1 Å². The Morgan fingerprint density at radius 1 is 1.33 bits per heavy atom. The fraction of sp³-hybridized carbons (Fsp3) is 0.0588. The van der Waals surface area contributed by atoms with Gasteiger partial charge in [0.15, 0.2) is 0 Å². The number of aromatic amines is 1. The van der Waals surface area contributed by atoms with E-state index in [1.165, 1.54) is 0 Å². The first kappa shape index (κ1) is 11.9. The zero-order valence-electron chi connectivity index (χ0n) is 11.7. The molecule has 0 aliphatic carbocycles. The van der Waals surface area contributed by atoms with Crippen LogP contribution in [0.25, 0.3) is 33.3 Å². The van der Waals surface area contributed by atoms with Gasteiger partial charge < -0.3 is 4.98 Å². The lowest BCUT2D eigenvalue weighted by Crippen LogP contribution is -1.87. The highest BCUT2D eigenvalue weighted by molar-refractivity contribution is 5.94. The number of aromatic nitrogens is 4. The van der Waals surface area contributed by atoms with E-state index in [-0.39, 0.29) is 0 Å². The first-order valence-electron chi connectivity index (χ1n) is 6.80. The number of allylic oxidation sites excluding steroid dienone is 1. The Labute approximate surface area is 121 Å². The molecule has 0 bridgehead atoms. The van der Waals surface area contributed by atoms with E-state index in [1.54, 1.807) is 6.20 Å². The summed E-state index contributed by atoms with van der Waals surface area (Å²) in [5.41, 5.74) is 6.36. The van der Waals surface area contributed by atoms with Gasteiger partial charge in [0.05, 0.1) is 11.7 Å². The molecule has 4 aromatic heterocycles. The number of fused-ring (bicyclic) bond motifs is 2. The highest BCUT2D eigenvalue weighted by atomic mass is 15.2. The van der Waals surface area contributed by atoms with Crippen molar-refractivity contribution in [3.63, 3.8) is 0 Å². The lowest BCUT2D eigenvalue weighted by atomic mass is 10.0. The lowest BCUT2D eigenvalue weighted by molar-refractivity contribution is 0.962. The third-order valence-electron chi connectivity index (χ3n) is 3.74. The van der Waals surface area contributed by atoms with E-state index in [4.69, 9.17) is 0 Å². The highest BCUT2D eigenvalue weighted by Gasteiger charge is 2.10. The van der Waals surface area contributed by atoms with Crippen molar-refractivity contribution in [3.8, 4) is 11.1 Å². The van der Waals surface area contributed by atoms with Crippen LogP contribution in [0.3, 0.4) is 0 Å². The Hall–Kier alpha value is -2.88. The molecule has 0 fully saturated rings. The summed E-state index contributed by atoms with van der Waals surface area (Å²) in [4.78, 5) is 7.55. The van der Waals surface area contributed by atoms with Gasteiger partial charge in [-0.2, -0.15) is 5.10 Å². The Morgan fingerprint density at radius 3 is 3.10 bits per heavy atom. The summed E-state index contributed by atoms with van der Waals surface area (Å²) < 4.78 is 1.88. The van der Waals surface area contributed by atoms with Crippen LogP contribution in [0.2, 0.25) is 0 Å². The van der Waals surface area contributed by atoms with Crippen LogP contribution in [0, 0.1) is 0 Å². The Morgan fingerprint density at radius 2 is 2.24 bits per heavy atom. The summed E-state index contributed by atoms with van der Waals surface area (Å²) in [6.45, 7) is 6.02. The van der Waals surface area contributed by atoms with Crippen LogP contribution in [-0.4, -0.2) is 19.6 Å². The van der Waals surface area contributed by atoms with Crippen molar-refractivity contribution in [3.05, 3.63) is 61.2 Å². The summed E-state index contributed by atoms with van der Waals surface area (Å²) >= 11 is 0. The fourth-order valence-electron chi connectivity index (χ4n) is 2.67. The van der Waals surface area contributed by atoms with Crippen LogP contribution in [0.4, 0.5) is 0 Å². The first-order chi connectivity index (χ1) is 10.2. The SMILES string of the molecule is C=C(C)c1cnn2ccc(-c3c[nH]c4ncccc34)cc12. The molecule has 0 amide bonds. The topological polar surface area (TPSA) is 46.0 Å². The number of hydrogen-bond donors (Lipinski definition) is 1. The van der Waals surface area contributed by atoms with Crippen LogP contribution >= 0.6 is 0 Å². The van der Waals surface area contributed by atoms with E-state index >= 15 is 0 Å². The second kappa shape index (κ2) is 4.31. The van der Waals surface area contributed by atoms with E-state index in [2.05, 4.69) is 39.8 Å². The van der Waals surface area contributed by atoms with Gasteiger partial charge in [-0.15, -0.1) is 0 Å². The molecule has 0 radical (unpaired) electrons. The molecule has 1 N–H and O–H groups in total. The number of pyridine rings is 2. The van der Waals surface area contributed by atoms with Crippen molar-refractivity contribution in [1.29, 1.82) is 0 Å². The maximum Gasteiger partial charge on any atom is 0.137 e. The van der Waals surface area contributed by atoms with Crippen molar-refractivity contribution in [2.24, 2.45) is 0 Å². The molecule has 0 aromatic carbocycles. The molecular formula is C17H14N4. The smallest absolute Gasteiger partial charge is 0.137 e. The van der Waals surface area contributed by atoms with E-state index in [1.807, 2.05) is 36.1 Å². The third kappa shape index (κ3) is 1.76.